The van der Waals surface area contributed by atoms with Crippen molar-refractivity contribution in [2.45, 2.75) is 0 Å². The van der Waals surface area contributed by atoms with Crippen LogP contribution in [0.3, 0.4) is 0 Å². The van der Waals surface area contributed by atoms with Gasteiger partial charge in [0.25, 0.3) is 5.56 Å². The van der Waals surface area contributed by atoms with Crippen molar-refractivity contribution in [3.8, 4) is 17.2 Å². The Labute approximate surface area is 131 Å². The largest absolute Gasteiger partial charge is 0.454 e. The Morgan fingerprint density at radius 3 is 2.70 bits per heavy atom. The van der Waals surface area contributed by atoms with Gasteiger partial charge in [-0.05, 0) is 35.9 Å². The minimum atomic E-state index is -0.140. The summed E-state index contributed by atoms with van der Waals surface area (Å²) in [5.74, 6) is 1.40. The Morgan fingerprint density at radius 2 is 1.87 bits per heavy atom. The van der Waals surface area contributed by atoms with Crippen molar-refractivity contribution in [3.05, 3.63) is 75.0 Å². The van der Waals surface area contributed by atoms with Gasteiger partial charge in [0.1, 0.15) is 0 Å². The summed E-state index contributed by atoms with van der Waals surface area (Å²) < 4.78 is 12.1. The molecule has 0 aliphatic carbocycles. The van der Waals surface area contributed by atoms with Crippen molar-refractivity contribution in [2.75, 3.05) is 6.79 Å². The number of aromatic amines is 1. The van der Waals surface area contributed by atoms with E-state index in [-0.39, 0.29) is 12.4 Å². The summed E-state index contributed by atoms with van der Waals surface area (Å²) in [4.78, 5) is 12.6. The number of ether oxygens (including phenoxy) is 2. The molecule has 3 aromatic rings. The fourth-order valence-corrected chi connectivity index (χ4v) is 2.57. The Bertz CT molecular complexity index is 1030. The van der Waals surface area contributed by atoms with Crippen LogP contribution in [0.4, 0.5) is 0 Å². The second kappa shape index (κ2) is 5.21. The van der Waals surface area contributed by atoms with Gasteiger partial charge in [0.15, 0.2) is 11.5 Å². The molecule has 0 amide bonds. The summed E-state index contributed by atoms with van der Waals surface area (Å²) in [6, 6.07) is 15.0. The molecule has 1 N–H and O–H groups in total. The van der Waals surface area contributed by atoms with E-state index in [1.54, 1.807) is 6.08 Å². The number of benzene rings is 2. The molecule has 0 spiro atoms. The zero-order valence-corrected chi connectivity index (χ0v) is 12.3. The van der Waals surface area contributed by atoms with Gasteiger partial charge in [-0.3, -0.25) is 9.89 Å². The van der Waals surface area contributed by atoms with E-state index < -0.39 is 0 Å². The zero-order valence-electron chi connectivity index (χ0n) is 12.3. The first-order valence-corrected chi connectivity index (χ1v) is 7.19. The maximum Gasteiger partial charge on any atom is 0.279 e. The number of aromatic nitrogens is 2. The molecule has 2 heterocycles. The van der Waals surface area contributed by atoms with Crippen LogP contribution < -0.4 is 25.6 Å². The van der Waals surface area contributed by atoms with Crippen molar-refractivity contribution in [2.24, 2.45) is 0 Å². The van der Waals surface area contributed by atoms with Gasteiger partial charge in [-0.25, -0.2) is 4.68 Å². The number of para-hydroxylation sites is 1. The van der Waals surface area contributed by atoms with E-state index in [2.05, 4.69) is 11.7 Å². The minimum absolute atomic E-state index is 0.140. The number of rotatable bonds is 2. The summed E-state index contributed by atoms with van der Waals surface area (Å²) in [5, 5.41) is 4.09. The maximum atomic E-state index is 12.6. The van der Waals surface area contributed by atoms with Gasteiger partial charge < -0.3 is 9.47 Å². The van der Waals surface area contributed by atoms with Gasteiger partial charge in [0.2, 0.25) is 6.79 Å². The van der Waals surface area contributed by atoms with Crippen LogP contribution in [0.5, 0.6) is 11.5 Å². The Balaban J connectivity index is 1.85. The predicted octanol–water partition coefficient (Wildman–Crippen LogP) is 1.13. The SMILES string of the molecule is C=c1[nH]n(-c2ccccc2)c(=O)c1=Cc1ccc2c(c1)OCO2. The summed E-state index contributed by atoms with van der Waals surface area (Å²) in [6.45, 7) is 4.16. The molecular weight excluding hydrogens is 292 g/mol. The first-order valence-electron chi connectivity index (χ1n) is 7.19. The van der Waals surface area contributed by atoms with Gasteiger partial charge >= 0.3 is 0 Å². The third-order valence-electron chi connectivity index (χ3n) is 3.73. The molecule has 1 aromatic heterocycles. The molecule has 114 valence electrons. The number of nitrogens with one attached hydrogen (secondary N) is 1. The van der Waals surface area contributed by atoms with Crippen molar-refractivity contribution in [1.82, 2.24) is 9.78 Å². The zero-order chi connectivity index (χ0) is 15.8. The van der Waals surface area contributed by atoms with Gasteiger partial charge in [-0.15, -0.1) is 0 Å². The standard InChI is InChI=1S/C18H14N2O3/c1-12-15(9-13-7-8-16-17(10-13)23-11-22-16)18(21)20(19-12)14-5-3-2-4-6-14/h2-10,19H,1,11H2. The molecule has 5 heteroatoms. The van der Waals surface area contributed by atoms with Crippen LogP contribution in [0.1, 0.15) is 5.56 Å². The van der Waals surface area contributed by atoms with E-state index in [9.17, 15) is 4.79 Å². The van der Waals surface area contributed by atoms with E-state index >= 15 is 0 Å². The molecular formula is C18H14N2O3. The van der Waals surface area contributed by atoms with E-state index in [1.165, 1.54) is 4.68 Å². The van der Waals surface area contributed by atoms with Gasteiger partial charge in [-0.2, -0.15) is 0 Å². The van der Waals surface area contributed by atoms with Crippen molar-refractivity contribution in [3.63, 3.8) is 0 Å². The molecule has 0 saturated carbocycles. The van der Waals surface area contributed by atoms with E-state index in [4.69, 9.17) is 9.47 Å². The highest BCUT2D eigenvalue weighted by atomic mass is 16.7. The molecule has 2 aromatic carbocycles. The van der Waals surface area contributed by atoms with E-state index in [1.807, 2.05) is 48.5 Å². The Morgan fingerprint density at radius 1 is 1.09 bits per heavy atom. The van der Waals surface area contributed by atoms with Crippen LogP contribution in [0.15, 0.2) is 53.3 Å². The number of H-pyrrole nitrogens is 1. The molecule has 0 fully saturated rings. The number of fused-ring (bicyclic) bond motifs is 1. The first-order chi connectivity index (χ1) is 11.2. The highest BCUT2D eigenvalue weighted by Gasteiger charge is 2.12. The van der Waals surface area contributed by atoms with Crippen LogP contribution in [0.2, 0.25) is 0 Å². The average Bonchev–Trinajstić information content (AvgIpc) is 3.15. The van der Waals surface area contributed by atoms with Crippen LogP contribution in [-0.4, -0.2) is 16.6 Å². The number of nitrogens with zero attached hydrogens (tertiary/aromatic N) is 1. The first kappa shape index (κ1) is 13.5. The van der Waals surface area contributed by atoms with E-state index in [0.29, 0.717) is 22.1 Å². The van der Waals surface area contributed by atoms with Crippen LogP contribution in [0.25, 0.3) is 18.3 Å². The molecule has 0 radical (unpaired) electrons. The molecule has 0 unspecified atom stereocenters. The molecule has 1 aliphatic rings. The lowest BCUT2D eigenvalue weighted by Crippen LogP contribution is -2.33. The van der Waals surface area contributed by atoms with Crippen LogP contribution in [0, 0.1) is 0 Å². The van der Waals surface area contributed by atoms with Crippen LogP contribution >= 0.6 is 0 Å². The smallest absolute Gasteiger partial charge is 0.279 e. The average molecular weight is 306 g/mol. The second-order valence-corrected chi connectivity index (χ2v) is 5.24. The van der Waals surface area contributed by atoms with Gasteiger partial charge in [0, 0.05) is 0 Å². The fraction of sp³-hybridized carbons (Fsp3) is 0.0556. The van der Waals surface area contributed by atoms with Crippen molar-refractivity contribution < 1.29 is 9.47 Å². The maximum absolute atomic E-state index is 12.6. The number of hydrogen-bond acceptors (Lipinski definition) is 3. The molecule has 5 nitrogen and oxygen atoms in total. The normalized spacial score (nSPS) is 13.5. The van der Waals surface area contributed by atoms with Gasteiger partial charge in [0.05, 0.1) is 16.3 Å². The fourth-order valence-electron chi connectivity index (χ4n) is 2.57. The molecule has 0 atom stereocenters. The molecule has 1 aliphatic heterocycles. The molecule has 0 saturated heterocycles. The summed E-state index contributed by atoms with van der Waals surface area (Å²) in [6.07, 6.45) is 1.79. The summed E-state index contributed by atoms with van der Waals surface area (Å²) in [5.41, 5.74) is 1.49. The van der Waals surface area contributed by atoms with Crippen LogP contribution in [-0.2, 0) is 0 Å². The summed E-state index contributed by atoms with van der Waals surface area (Å²) >= 11 is 0. The Hall–Kier alpha value is -3.21. The Kier molecular flexibility index (Phi) is 3.05. The lowest BCUT2D eigenvalue weighted by atomic mass is 10.1. The van der Waals surface area contributed by atoms with E-state index in [0.717, 1.165) is 11.3 Å². The highest BCUT2D eigenvalue weighted by molar-refractivity contribution is 5.56. The quantitative estimate of drug-likeness (QED) is 0.772. The lowest BCUT2D eigenvalue weighted by molar-refractivity contribution is 0.174. The lowest BCUT2D eigenvalue weighted by Gasteiger charge is -1.99. The topological polar surface area (TPSA) is 56.2 Å². The number of hydrogen-bond donors (Lipinski definition) is 1. The highest BCUT2D eigenvalue weighted by Crippen LogP contribution is 2.32. The van der Waals surface area contributed by atoms with Gasteiger partial charge in [-0.1, -0.05) is 30.8 Å². The molecule has 4 rings (SSSR count). The van der Waals surface area contributed by atoms with Crippen molar-refractivity contribution >= 4 is 12.7 Å². The monoisotopic (exact) mass is 306 g/mol. The second-order valence-electron chi connectivity index (χ2n) is 5.24. The molecule has 0 bridgehead atoms. The summed E-state index contributed by atoms with van der Waals surface area (Å²) in [7, 11) is 0. The molecule has 23 heavy (non-hydrogen) atoms. The third kappa shape index (κ3) is 2.32. The third-order valence-corrected chi connectivity index (χ3v) is 3.73. The predicted molar refractivity (Wildman–Crippen MR) is 87.3 cm³/mol. The van der Waals surface area contributed by atoms with Crippen molar-refractivity contribution in [1.29, 1.82) is 0 Å². The minimum Gasteiger partial charge on any atom is -0.454 e.